The van der Waals surface area contributed by atoms with Crippen LogP contribution in [0.2, 0.25) is 0 Å². The van der Waals surface area contributed by atoms with E-state index < -0.39 is 28.0 Å². The summed E-state index contributed by atoms with van der Waals surface area (Å²) in [5, 5.41) is 10.9. The molecule has 104 valence electrons. The van der Waals surface area contributed by atoms with Crippen molar-refractivity contribution in [3.05, 3.63) is 36.7 Å². The van der Waals surface area contributed by atoms with Gasteiger partial charge in [0.05, 0.1) is 10.8 Å². The van der Waals surface area contributed by atoms with Crippen LogP contribution in [-0.2, 0) is 9.59 Å². The van der Waals surface area contributed by atoms with Crippen molar-refractivity contribution in [2.75, 3.05) is 6.54 Å². The number of aliphatic hydroxyl groups is 1. The lowest BCUT2D eigenvalue weighted by Gasteiger charge is -2.46. The Labute approximate surface area is 114 Å². The van der Waals surface area contributed by atoms with E-state index in [2.05, 4.69) is 18.0 Å². The third kappa shape index (κ3) is 2.52. The molecular weight excluding hydrogens is 242 g/mol. The predicted molar refractivity (Wildman–Crippen MR) is 74.4 cm³/mol. The number of carbonyl (C=O) groups is 2. The van der Waals surface area contributed by atoms with Gasteiger partial charge in [-0.2, -0.15) is 0 Å². The molecule has 4 nitrogen and oxygen atoms in total. The molecule has 0 bridgehead atoms. The van der Waals surface area contributed by atoms with Gasteiger partial charge in [0.1, 0.15) is 0 Å². The Bertz CT molecular complexity index is 421. The molecule has 0 aliphatic heterocycles. The molecule has 0 aromatic carbocycles. The lowest BCUT2D eigenvalue weighted by atomic mass is 9.58. The summed E-state index contributed by atoms with van der Waals surface area (Å²) in [5.74, 6) is -0.827. The third-order valence-electron chi connectivity index (χ3n) is 3.98. The number of nitrogens with zero attached hydrogens (tertiary/aromatic N) is 1. The van der Waals surface area contributed by atoms with E-state index in [1.807, 2.05) is 0 Å². The highest BCUT2D eigenvalue weighted by Crippen LogP contribution is 2.46. The van der Waals surface area contributed by atoms with Gasteiger partial charge in [0.15, 0.2) is 17.2 Å². The van der Waals surface area contributed by atoms with Crippen LogP contribution in [0.4, 0.5) is 0 Å². The van der Waals surface area contributed by atoms with Crippen LogP contribution < -0.4 is 0 Å². The van der Waals surface area contributed by atoms with E-state index in [0.29, 0.717) is 0 Å². The third-order valence-corrected chi connectivity index (χ3v) is 3.98. The van der Waals surface area contributed by atoms with Gasteiger partial charge in [-0.25, -0.2) is 6.57 Å². The smallest absolute Gasteiger partial charge is 0.244 e. The summed E-state index contributed by atoms with van der Waals surface area (Å²) < 4.78 is 0. The van der Waals surface area contributed by atoms with Crippen molar-refractivity contribution < 1.29 is 14.7 Å². The number of hydrogen-bond acceptors (Lipinski definition) is 3. The largest absolute Gasteiger partial charge is 0.380 e. The van der Waals surface area contributed by atoms with Gasteiger partial charge in [0.2, 0.25) is 6.54 Å². The van der Waals surface area contributed by atoms with Gasteiger partial charge >= 0.3 is 0 Å². The van der Waals surface area contributed by atoms with Gasteiger partial charge in [0, 0.05) is 0 Å². The first kappa shape index (κ1) is 17.3. The van der Waals surface area contributed by atoms with Gasteiger partial charge in [-0.1, -0.05) is 13.2 Å². The first-order valence-corrected chi connectivity index (χ1v) is 5.92. The lowest BCUT2D eigenvalue weighted by molar-refractivity contribution is -0.166. The Hall–Kier alpha value is -1.73. The fraction of sp³-hybridized carbons (Fsp3) is 0.533. The first-order valence-electron chi connectivity index (χ1n) is 5.92. The Kier molecular flexibility index (Phi) is 5.00. The number of rotatable bonds is 7. The minimum Gasteiger partial charge on any atom is -0.380 e. The monoisotopic (exact) mass is 263 g/mol. The molecule has 0 heterocycles. The van der Waals surface area contributed by atoms with Crippen LogP contribution >= 0.6 is 0 Å². The fourth-order valence-corrected chi connectivity index (χ4v) is 2.21. The molecule has 0 saturated carbocycles. The van der Waals surface area contributed by atoms with Crippen LogP contribution in [0.15, 0.2) is 25.3 Å². The molecule has 4 heteroatoms. The van der Waals surface area contributed by atoms with E-state index in [1.54, 1.807) is 0 Å². The van der Waals surface area contributed by atoms with E-state index in [0.717, 1.165) is 12.2 Å². The second kappa shape index (κ2) is 5.50. The molecule has 19 heavy (non-hydrogen) atoms. The van der Waals surface area contributed by atoms with Gasteiger partial charge in [-0.3, -0.25) is 9.59 Å². The Morgan fingerprint density at radius 3 is 1.63 bits per heavy atom. The molecule has 0 unspecified atom stereocenters. The van der Waals surface area contributed by atoms with Crippen LogP contribution in [0.3, 0.4) is 0 Å². The summed E-state index contributed by atoms with van der Waals surface area (Å²) in [7, 11) is 0. The molecule has 0 aromatic rings. The number of hydrogen-bond donors (Lipinski definition) is 1. The normalized spacial score (nSPS) is 12.4. The van der Waals surface area contributed by atoms with Crippen molar-refractivity contribution in [1.29, 1.82) is 0 Å². The highest BCUT2D eigenvalue weighted by atomic mass is 16.3. The van der Waals surface area contributed by atoms with Crippen LogP contribution in [0, 0.1) is 17.4 Å². The van der Waals surface area contributed by atoms with E-state index >= 15 is 0 Å². The summed E-state index contributed by atoms with van der Waals surface area (Å²) in [6, 6.07) is 0. The molecule has 0 saturated heterocycles. The van der Waals surface area contributed by atoms with Crippen molar-refractivity contribution in [2.24, 2.45) is 10.8 Å². The van der Waals surface area contributed by atoms with Crippen LogP contribution in [-0.4, -0.2) is 28.8 Å². The highest BCUT2D eigenvalue weighted by Gasteiger charge is 2.61. The molecule has 0 rings (SSSR count). The molecule has 0 aliphatic rings. The van der Waals surface area contributed by atoms with Gasteiger partial charge in [-0.05, 0) is 39.8 Å². The Balaban J connectivity index is 6.09. The standard InChI is InChI=1S/C15H21NO3/c1-8-11(17)13(3,4)15(19,10-16-7)14(5,6)12(18)9-2/h8-9,19H,1-2,10H2,3-6H3. The summed E-state index contributed by atoms with van der Waals surface area (Å²) in [6.07, 6.45) is 2.20. The Morgan fingerprint density at radius 1 is 1.11 bits per heavy atom. The maximum atomic E-state index is 12.0. The van der Waals surface area contributed by atoms with Crippen molar-refractivity contribution in [3.8, 4) is 0 Å². The van der Waals surface area contributed by atoms with Gasteiger partial charge in [-0.15, -0.1) is 0 Å². The van der Waals surface area contributed by atoms with Gasteiger partial charge < -0.3 is 9.95 Å². The lowest BCUT2D eigenvalue weighted by Crippen LogP contribution is -2.62. The van der Waals surface area contributed by atoms with E-state index in [9.17, 15) is 14.7 Å². The molecule has 0 radical (unpaired) electrons. The first-order chi connectivity index (χ1) is 8.52. The Morgan fingerprint density at radius 2 is 1.42 bits per heavy atom. The predicted octanol–water partition coefficient (Wildman–Crippen LogP) is 2.20. The number of ketones is 2. The minimum atomic E-state index is -1.81. The SMILES string of the molecule is [C-]#[N+]CC(O)(C(C)(C)C(=O)C=C)C(C)(C)C(=O)C=C. The zero-order valence-electron chi connectivity index (χ0n) is 12.0. The van der Waals surface area contributed by atoms with Crippen LogP contribution in [0.5, 0.6) is 0 Å². The van der Waals surface area contributed by atoms with Gasteiger partial charge in [0.25, 0.3) is 0 Å². The summed E-state index contributed by atoms with van der Waals surface area (Å²) in [4.78, 5) is 27.2. The molecule has 0 aliphatic carbocycles. The zero-order valence-corrected chi connectivity index (χ0v) is 12.0. The van der Waals surface area contributed by atoms with Crippen LogP contribution in [0.25, 0.3) is 4.85 Å². The quantitative estimate of drug-likeness (QED) is 0.566. The van der Waals surface area contributed by atoms with Crippen molar-refractivity contribution in [1.82, 2.24) is 0 Å². The molecule has 0 atom stereocenters. The number of allylic oxidation sites excluding steroid dienone is 2. The zero-order chi connectivity index (χ0) is 15.5. The van der Waals surface area contributed by atoms with Crippen molar-refractivity contribution in [2.45, 2.75) is 33.3 Å². The molecule has 1 N–H and O–H groups in total. The molecule has 0 aromatic heterocycles. The maximum absolute atomic E-state index is 12.0. The molecule has 0 spiro atoms. The van der Waals surface area contributed by atoms with Crippen LogP contribution in [0.1, 0.15) is 27.7 Å². The maximum Gasteiger partial charge on any atom is 0.244 e. The number of carbonyl (C=O) groups excluding carboxylic acids is 2. The topological polar surface area (TPSA) is 58.7 Å². The summed E-state index contributed by atoms with van der Waals surface area (Å²) in [5.41, 5.74) is -4.42. The highest BCUT2D eigenvalue weighted by molar-refractivity contribution is 5.99. The molecular formula is C15H21NO3. The average Bonchev–Trinajstić information content (AvgIpc) is 2.36. The average molecular weight is 263 g/mol. The van der Waals surface area contributed by atoms with E-state index in [4.69, 9.17) is 6.57 Å². The summed E-state index contributed by atoms with van der Waals surface area (Å²) in [6.45, 7) is 19.5. The summed E-state index contributed by atoms with van der Waals surface area (Å²) >= 11 is 0. The van der Waals surface area contributed by atoms with Crippen molar-refractivity contribution in [3.63, 3.8) is 0 Å². The second-order valence-electron chi connectivity index (χ2n) is 5.56. The van der Waals surface area contributed by atoms with Crippen molar-refractivity contribution >= 4 is 11.6 Å². The fourth-order valence-electron chi connectivity index (χ4n) is 2.21. The molecule has 0 amide bonds. The second-order valence-corrected chi connectivity index (χ2v) is 5.56. The minimum absolute atomic E-state index is 0.355. The van der Waals surface area contributed by atoms with E-state index in [-0.39, 0.29) is 6.54 Å². The molecule has 0 fully saturated rings. The van der Waals surface area contributed by atoms with E-state index in [1.165, 1.54) is 27.7 Å².